The monoisotopic (exact) mass is 454 g/mol. The van der Waals surface area contributed by atoms with Gasteiger partial charge in [0.05, 0.1) is 11.6 Å². The quantitative estimate of drug-likeness (QED) is 0.540. The summed E-state index contributed by atoms with van der Waals surface area (Å²) in [5, 5.41) is 9.89. The number of sulfone groups is 1. The number of hydrogen-bond acceptors (Lipinski definition) is 5. The van der Waals surface area contributed by atoms with E-state index in [2.05, 4.69) is 0 Å². The Hall–Kier alpha value is -3.31. The second kappa shape index (κ2) is 8.67. The van der Waals surface area contributed by atoms with Crippen LogP contribution in [0.15, 0.2) is 53.5 Å². The van der Waals surface area contributed by atoms with Crippen molar-refractivity contribution in [1.29, 1.82) is 5.26 Å². The van der Waals surface area contributed by atoms with E-state index in [0.29, 0.717) is 21.9 Å². The molecule has 0 saturated carbocycles. The normalized spacial score (nSPS) is 13.5. The fourth-order valence-electron chi connectivity index (χ4n) is 3.69. The van der Waals surface area contributed by atoms with Gasteiger partial charge in [-0.3, -0.25) is 9.59 Å². The zero-order chi connectivity index (χ0) is 23.7. The Morgan fingerprint density at radius 2 is 1.91 bits per heavy atom. The zero-order valence-electron chi connectivity index (χ0n) is 18.1. The average Bonchev–Trinajstić information content (AvgIpc) is 2.76. The molecule has 0 amide bonds. The lowest BCUT2D eigenvalue weighted by Gasteiger charge is -2.26. The molecule has 0 unspecified atom stereocenters. The molecular weight excluding hydrogens is 431 g/mol. The van der Waals surface area contributed by atoms with Gasteiger partial charge in [0.25, 0.3) is 5.56 Å². The van der Waals surface area contributed by atoms with Crippen molar-refractivity contribution in [1.82, 2.24) is 4.57 Å². The van der Waals surface area contributed by atoms with Crippen molar-refractivity contribution in [3.05, 3.63) is 70.4 Å². The number of hydrogen-bond donors (Lipinski definition) is 0. The minimum atomic E-state index is -3.67. The molecule has 0 aliphatic carbocycles. The molecule has 166 valence electrons. The second-order valence-electron chi connectivity index (χ2n) is 7.95. The topological polar surface area (TPSA) is 97.0 Å². The maximum absolute atomic E-state index is 14.4. The van der Waals surface area contributed by atoms with Gasteiger partial charge in [-0.05, 0) is 54.6 Å². The second-order valence-corrected chi connectivity index (χ2v) is 10.4. The zero-order valence-corrected chi connectivity index (χ0v) is 18.9. The van der Waals surface area contributed by atoms with Crippen molar-refractivity contribution < 1.29 is 17.6 Å². The first-order chi connectivity index (χ1) is 15.0. The average molecular weight is 455 g/mol. The number of nitriles is 1. The van der Waals surface area contributed by atoms with E-state index >= 15 is 0 Å². The van der Waals surface area contributed by atoms with Gasteiger partial charge in [0, 0.05) is 36.4 Å². The lowest BCUT2D eigenvalue weighted by molar-refractivity contribution is -0.121. The number of carbonyl (C=O) groups is 1. The van der Waals surface area contributed by atoms with Gasteiger partial charge in [-0.1, -0.05) is 19.1 Å². The van der Waals surface area contributed by atoms with Gasteiger partial charge in [0.1, 0.15) is 10.6 Å². The minimum absolute atomic E-state index is 0.0154. The van der Waals surface area contributed by atoms with Crippen LogP contribution < -0.4 is 5.56 Å². The number of pyridine rings is 1. The van der Waals surface area contributed by atoms with Crippen LogP contribution in [0.5, 0.6) is 0 Å². The molecule has 0 N–H and O–H groups in total. The van der Waals surface area contributed by atoms with Crippen molar-refractivity contribution in [2.24, 2.45) is 0 Å². The molecule has 8 heteroatoms. The summed E-state index contributed by atoms with van der Waals surface area (Å²) in [6.07, 6.45) is 2.65. The molecule has 0 saturated heterocycles. The van der Waals surface area contributed by atoms with Crippen LogP contribution in [0.4, 0.5) is 4.39 Å². The number of nitrogens with zero attached hydrogens (tertiary/aromatic N) is 2. The summed E-state index contributed by atoms with van der Waals surface area (Å²) in [5.41, 5.74) is 0.777. The first-order valence-corrected chi connectivity index (χ1v) is 12.0. The van der Waals surface area contributed by atoms with Crippen molar-refractivity contribution >= 4 is 26.4 Å². The molecule has 3 rings (SSSR count). The Balaban J connectivity index is 1.97. The van der Waals surface area contributed by atoms with E-state index in [4.69, 9.17) is 5.26 Å². The van der Waals surface area contributed by atoms with Crippen molar-refractivity contribution in [3.63, 3.8) is 0 Å². The van der Waals surface area contributed by atoms with Gasteiger partial charge in [0.2, 0.25) is 0 Å². The number of benzene rings is 2. The Morgan fingerprint density at radius 3 is 2.50 bits per heavy atom. The smallest absolute Gasteiger partial charge is 0.258 e. The molecule has 6 nitrogen and oxygen atoms in total. The Bertz CT molecular complexity index is 1420. The van der Waals surface area contributed by atoms with E-state index in [1.807, 2.05) is 6.07 Å². The molecule has 32 heavy (non-hydrogen) atoms. The molecule has 1 atom stereocenters. The maximum Gasteiger partial charge on any atom is 0.258 e. The Morgan fingerprint density at radius 1 is 1.19 bits per heavy atom. The van der Waals surface area contributed by atoms with Crippen LogP contribution in [-0.2, 0) is 21.2 Å². The summed E-state index contributed by atoms with van der Waals surface area (Å²) in [6.45, 7) is 3.08. The highest BCUT2D eigenvalue weighted by atomic mass is 32.2. The van der Waals surface area contributed by atoms with Crippen molar-refractivity contribution in [3.8, 4) is 17.2 Å². The van der Waals surface area contributed by atoms with Crippen LogP contribution in [0.25, 0.3) is 21.9 Å². The van der Waals surface area contributed by atoms with E-state index < -0.39 is 20.4 Å². The van der Waals surface area contributed by atoms with Crippen LogP contribution in [-0.4, -0.2) is 29.8 Å². The van der Waals surface area contributed by atoms with Gasteiger partial charge in [-0.2, -0.15) is 5.26 Å². The highest BCUT2D eigenvalue weighted by Gasteiger charge is 2.41. The lowest BCUT2D eigenvalue weighted by Crippen LogP contribution is -2.44. The molecule has 0 aliphatic heterocycles. The summed E-state index contributed by atoms with van der Waals surface area (Å²) < 4.78 is 38.7. The number of aromatic nitrogens is 1. The van der Waals surface area contributed by atoms with Gasteiger partial charge < -0.3 is 4.57 Å². The largest absolute Gasteiger partial charge is 0.315 e. The maximum atomic E-state index is 14.4. The molecule has 1 aromatic heterocycles. The summed E-state index contributed by atoms with van der Waals surface area (Å²) in [6, 6.07) is 12.7. The number of rotatable bonds is 7. The number of ketones is 1. The van der Waals surface area contributed by atoms with Gasteiger partial charge in [0.15, 0.2) is 15.6 Å². The molecule has 0 aliphatic rings. The third-order valence-corrected chi connectivity index (χ3v) is 8.01. The van der Waals surface area contributed by atoms with Gasteiger partial charge >= 0.3 is 0 Å². The fourth-order valence-corrected chi connectivity index (χ4v) is 4.71. The number of Topliss-reactive ketones (excluding diaryl/α,β-unsaturated/α-hetero) is 1. The van der Waals surface area contributed by atoms with E-state index in [-0.39, 0.29) is 36.3 Å². The van der Waals surface area contributed by atoms with Crippen LogP contribution in [0.2, 0.25) is 0 Å². The molecule has 0 radical (unpaired) electrons. The number of carbonyl (C=O) groups excluding carboxylic acids is 1. The highest BCUT2D eigenvalue weighted by molar-refractivity contribution is 7.92. The third kappa shape index (κ3) is 4.21. The highest BCUT2D eigenvalue weighted by Crippen LogP contribution is 2.27. The van der Waals surface area contributed by atoms with Crippen LogP contribution in [0, 0.1) is 17.1 Å². The first kappa shape index (κ1) is 23.4. The Kier molecular flexibility index (Phi) is 6.33. The van der Waals surface area contributed by atoms with Gasteiger partial charge in [-0.25, -0.2) is 12.8 Å². The van der Waals surface area contributed by atoms with Crippen molar-refractivity contribution in [2.75, 3.05) is 6.26 Å². The molecule has 0 spiro atoms. The van der Waals surface area contributed by atoms with E-state index in [0.717, 1.165) is 12.3 Å². The molecule has 1 heterocycles. The van der Waals surface area contributed by atoms with Crippen LogP contribution in [0.3, 0.4) is 0 Å². The van der Waals surface area contributed by atoms with Gasteiger partial charge in [-0.15, -0.1) is 0 Å². The van der Waals surface area contributed by atoms with Crippen molar-refractivity contribution in [2.45, 2.75) is 38.0 Å². The Labute approximate surface area is 185 Å². The van der Waals surface area contributed by atoms with E-state index in [1.54, 1.807) is 37.4 Å². The third-order valence-electron chi connectivity index (χ3n) is 5.95. The number of aryl methyl sites for hydroxylation is 1. The standard InChI is InChI=1S/C24H23FN2O4S/c1-4-22(28)24(2,32(3,30)31)10-12-27-11-9-18-14-17(6-8-20(18)23(27)29)19-7-5-16(15-26)13-21(19)25/h5-9,11,13-14H,4,10,12H2,1-3H3/t24-/m1/s1. The summed E-state index contributed by atoms with van der Waals surface area (Å²) in [5.74, 6) is -0.916. The first-order valence-electron chi connectivity index (χ1n) is 10.1. The minimum Gasteiger partial charge on any atom is -0.315 e. The number of halogens is 1. The van der Waals surface area contributed by atoms with Crippen LogP contribution in [0.1, 0.15) is 32.3 Å². The lowest BCUT2D eigenvalue weighted by atomic mass is 9.99. The SMILES string of the molecule is CCC(=O)[C@@](C)(CCn1ccc2cc(-c3ccc(C#N)cc3F)ccc2c1=O)S(C)(=O)=O. The summed E-state index contributed by atoms with van der Waals surface area (Å²) >= 11 is 0. The molecule has 0 fully saturated rings. The summed E-state index contributed by atoms with van der Waals surface area (Å²) in [4.78, 5) is 25.3. The van der Waals surface area contributed by atoms with E-state index in [9.17, 15) is 22.4 Å². The predicted molar refractivity (Wildman–Crippen MR) is 121 cm³/mol. The van der Waals surface area contributed by atoms with E-state index in [1.165, 1.54) is 23.6 Å². The molecule has 2 aromatic carbocycles. The number of fused-ring (bicyclic) bond motifs is 1. The molecule has 3 aromatic rings. The summed E-state index contributed by atoms with van der Waals surface area (Å²) in [7, 11) is -3.67. The molecule has 0 bridgehead atoms. The fraction of sp³-hybridized carbons (Fsp3) is 0.292. The molecular formula is C24H23FN2O4S. The van der Waals surface area contributed by atoms with Crippen LogP contribution >= 0.6 is 0 Å². The predicted octanol–water partition coefficient (Wildman–Crippen LogP) is 3.85.